The minimum absolute atomic E-state index is 0.233. The fourth-order valence-electron chi connectivity index (χ4n) is 12.1. The third-order valence-corrected chi connectivity index (χ3v) is 11.4. The van der Waals surface area contributed by atoms with Gasteiger partial charge in [-0.25, -0.2) is 0 Å². The van der Waals surface area contributed by atoms with Gasteiger partial charge in [0.05, 0.1) is 5.60 Å². The van der Waals surface area contributed by atoms with Gasteiger partial charge in [-0.2, -0.15) is 0 Å². The van der Waals surface area contributed by atoms with E-state index >= 15 is 0 Å². The standard InChI is InChI=1S/C20H26O2/c21-5-8-11-6-1-3-9-13(6)17-15(11)16-12(8)7-2-4-10-14(7)18(16)19(17)20(9,10)22/h6-19,21-22H,1-5H2/t6-,7-,8?,9+,10+,11-,12+,13+,14+,15-,16-,17+,18+,19?,20?/m0/s1. The SMILES string of the molecule is OCC1[C@@H]2[C@@H]3CC[C@@H]4[C@@H]3[C@H]3C5[C@H]6[C@@H]([C@@H]1[C@@H]1CC[C@H]([C@@H]16)C54O)[C@H]23. The number of hydrogen-bond acceptors (Lipinski definition) is 2. The van der Waals surface area contributed by atoms with Gasteiger partial charge >= 0.3 is 0 Å². The lowest BCUT2D eigenvalue weighted by Crippen LogP contribution is -2.44. The van der Waals surface area contributed by atoms with Crippen LogP contribution in [0.3, 0.4) is 0 Å². The Morgan fingerprint density at radius 3 is 1.73 bits per heavy atom. The van der Waals surface area contributed by atoms with Gasteiger partial charge in [0.2, 0.25) is 0 Å². The number of aliphatic hydroxyl groups excluding tert-OH is 1. The quantitative estimate of drug-likeness (QED) is 0.777. The monoisotopic (exact) mass is 298 g/mol. The molecule has 2 heteroatoms. The first-order valence-electron chi connectivity index (χ1n) is 10.1. The van der Waals surface area contributed by atoms with Gasteiger partial charge in [-0.1, -0.05) is 0 Å². The van der Waals surface area contributed by atoms with Crippen LogP contribution in [-0.2, 0) is 0 Å². The van der Waals surface area contributed by atoms with Crippen molar-refractivity contribution in [2.75, 3.05) is 6.61 Å². The fourth-order valence-corrected chi connectivity index (χ4v) is 12.1. The van der Waals surface area contributed by atoms with Crippen LogP contribution >= 0.6 is 0 Å². The average Bonchev–Trinajstić information content (AvgIpc) is 3.25. The number of hydrogen-bond donors (Lipinski definition) is 2. The molecule has 0 radical (unpaired) electrons. The lowest BCUT2D eigenvalue weighted by Gasteiger charge is -2.38. The molecule has 0 amide bonds. The molecule has 0 spiro atoms. The van der Waals surface area contributed by atoms with E-state index in [4.69, 9.17) is 0 Å². The molecule has 15 atom stereocenters. The van der Waals surface area contributed by atoms with Crippen LogP contribution in [0.15, 0.2) is 0 Å². The predicted molar refractivity (Wildman–Crippen MR) is 79.4 cm³/mol. The summed E-state index contributed by atoms with van der Waals surface area (Å²) in [6.45, 7) is 0.471. The van der Waals surface area contributed by atoms with E-state index in [2.05, 4.69) is 0 Å². The summed E-state index contributed by atoms with van der Waals surface area (Å²) < 4.78 is 0. The molecule has 0 aromatic carbocycles. The highest BCUT2D eigenvalue weighted by atomic mass is 16.3. The van der Waals surface area contributed by atoms with Crippen molar-refractivity contribution < 1.29 is 10.2 Å². The summed E-state index contributed by atoms with van der Waals surface area (Å²) in [5.41, 5.74) is -0.233. The largest absolute Gasteiger partial charge is 0.396 e. The Morgan fingerprint density at radius 1 is 0.682 bits per heavy atom. The molecule has 8 rings (SSSR count). The molecule has 0 bridgehead atoms. The average molecular weight is 298 g/mol. The molecule has 0 heterocycles. The number of rotatable bonds is 1. The first-order chi connectivity index (χ1) is 10.8. The van der Waals surface area contributed by atoms with Crippen molar-refractivity contribution in [3.63, 3.8) is 0 Å². The second kappa shape index (κ2) is 2.96. The van der Waals surface area contributed by atoms with E-state index in [0.29, 0.717) is 30.3 Å². The maximum absolute atomic E-state index is 12.0. The Bertz CT molecular complexity index is 569. The maximum atomic E-state index is 12.0. The molecule has 0 aromatic heterocycles. The summed E-state index contributed by atoms with van der Waals surface area (Å²) in [6.07, 6.45) is 5.39. The van der Waals surface area contributed by atoms with Crippen LogP contribution in [0.25, 0.3) is 0 Å². The fraction of sp³-hybridized carbons (Fsp3) is 1.00. The molecule has 8 saturated carbocycles. The topological polar surface area (TPSA) is 40.5 Å². The highest BCUT2D eigenvalue weighted by molar-refractivity contribution is 5.36. The summed E-state index contributed by atoms with van der Waals surface area (Å²) in [7, 11) is 0. The minimum Gasteiger partial charge on any atom is -0.396 e. The summed E-state index contributed by atoms with van der Waals surface area (Å²) in [6, 6.07) is 0. The smallest absolute Gasteiger partial charge is 0.0743 e. The third kappa shape index (κ3) is 0.744. The van der Waals surface area contributed by atoms with Gasteiger partial charge in [0, 0.05) is 6.61 Å². The van der Waals surface area contributed by atoms with E-state index in [1.54, 1.807) is 0 Å². The van der Waals surface area contributed by atoms with Crippen LogP contribution in [-0.4, -0.2) is 22.4 Å². The van der Waals surface area contributed by atoms with Crippen LogP contribution in [0.5, 0.6) is 0 Å². The molecule has 118 valence electrons. The van der Waals surface area contributed by atoms with Crippen molar-refractivity contribution in [2.24, 2.45) is 82.9 Å². The molecular formula is C20H26O2. The Kier molecular flexibility index (Phi) is 1.55. The zero-order chi connectivity index (χ0) is 14.1. The molecule has 22 heavy (non-hydrogen) atoms. The second-order valence-corrected chi connectivity index (χ2v) is 10.6. The molecule has 0 aliphatic heterocycles. The zero-order valence-electron chi connectivity index (χ0n) is 13.0. The van der Waals surface area contributed by atoms with E-state index in [0.717, 1.165) is 59.2 Å². The summed E-state index contributed by atoms with van der Waals surface area (Å²) in [5, 5.41) is 22.3. The van der Waals surface area contributed by atoms with Gasteiger partial charge in [-0.05, 0) is 109 Å². The maximum Gasteiger partial charge on any atom is 0.0743 e. The van der Waals surface area contributed by atoms with E-state index < -0.39 is 0 Å². The van der Waals surface area contributed by atoms with Crippen molar-refractivity contribution >= 4 is 0 Å². The minimum atomic E-state index is -0.233. The Hall–Kier alpha value is -0.0800. The number of aliphatic hydroxyl groups is 2. The molecule has 0 aromatic rings. The van der Waals surface area contributed by atoms with Crippen LogP contribution in [0.1, 0.15) is 25.7 Å². The Balaban J connectivity index is 1.48. The van der Waals surface area contributed by atoms with Gasteiger partial charge in [0.25, 0.3) is 0 Å². The van der Waals surface area contributed by atoms with Crippen molar-refractivity contribution in [3.05, 3.63) is 0 Å². The molecule has 8 aliphatic carbocycles. The molecule has 3 unspecified atom stereocenters. The van der Waals surface area contributed by atoms with Gasteiger partial charge in [0.1, 0.15) is 0 Å². The van der Waals surface area contributed by atoms with E-state index in [9.17, 15) is 10.2 Å². The normalized spacial score (nSPS) is 82.6. The Morgan fingerprint density at radius 2 is 1.23 bits per heavy atom. The first kappa shape index (κ1) is 11.5. The number of fused-ring (bicyclic) bond motifs is 4. The highest BCUT2D eigenvalue weighted by Gasteiger charge is 2.88. The molecule has 0 saturated heterocycles. The highest BCUT2D eigenvalue weighted by Crippen LogP contribution is 2.89. The van der Waals surface area contributed by atoms with E-state index in [-0.39, 0.29) is 5.60 Å². The van der Waals surface area contributed by atoms with Crippen molar-refractivity contribution in [2.45, 2.75) is 31.3 Å². The molecular weight excluding hydrogens is 272 g/mol. The van der Waals surface area contributed by atoms with Gasteiger partial charge in [0.15, 0.2) is 0 Å². The van der Waals surface area contributed by atoms with Gasteiger partial charge in [-0.3, -0.25) is 0 Å². The van der Waals surface area contributed by atoms with Gasteiger partial charge in [-0.15, -0.1) is 0 Å². The zero-order valence-corrected chi connectivity index (χ0v) is 13.0. The van der Waals surface area contributed by atoms with Crippen LogP contribution in [0.4, 0.5) is 0 Å². The van der Waals surface area contributed by atoms with Crippen LogP contribution in [0, 0.1) is 82.9 Å². The summed E-state index contributed by atoms with van der Waals surface area (Å²) >= 11 is 0. The molecule has 8 aliphatic rings. The molecule has 2 N–H and O–H groups in total. The summed E-state index contributed by atoms with van der Waals surface area (Å²) in [5.74, 6) is 11.5. The van der Waals surface area contributed by atoms with Crippen molar-refractivity contribution in [3.8, 4) is 0 Å². The van der Waals surface area contributed by atoms with Gasteiger partial charge < -0.3 is 10.2 Å². The van der Waals surface area contributed by atoms with Crippen molar-refractivity contribution in [1.29, 1.82) is 0 Å². The summed E-state index contributed by atoms with van der Waals surface area (Å²) in [4.78, 5) is 0. The van der Waals surface area contributed by atoms with E-state index in [1.807, 2.05) is 0 Å². The molecule has 8 fully saturated rings. The van der Waals surface area contributed by atoms with E-state index in [1.165, 1.54) is 25.7 Å². The first-order valence-corrected chi connectivity index (χ1v) is 10.1. The molecule has 2 nitrogen and oxygen atoms in total. The van der Waals surface area contributed by atoms with Crippen molar-refractivity contribution in [1.82, 2.24) is 0 Å². The van der Waals surface area contributed by atoms with Crippen LogP contribution < -0.4 is 0 Å². The Labute approximate surface area is 131 Å². The predicted octanol–water partition coefficient (Wildman–Crippen LogP) is 2.01. The lowest BCUT2D eigenvalue weighted by atomic mass is 9.71. The van der Waals surface area contributed by atoms with Crippen LogP contribution in [0.2, 0.25) is 0 Å². The lowest BCUT2D eigenvalue weighted by molar-refractivity contribution is -0.0732. The third-order valence-electron chi connectivity index (χ3n) is 11.4. The second-order valence-electron chi connectivity index (χ2n) is 10.6.